The van der Waals surface area contributed by atoms with E-state index < -0.39 is 0 Å². The predicted octanol–water partition coefficient (Wildman–Crippen LogP) is 2.36. The number of nitrogens with one attached hydrogen (secondary N) is 1. The molecule has 21 heavy (non-hydrogen) atoms. The summed E-state index contributed by atoms with van der Waals surface area (Å²) in [5, 5.41) is 12.5. The lowest BCUT2D eigenvalue weighted by Gasteiger charge is -2.31. The van der Waals surface area contributed by atoms with Crippen molar-refractivity contribution >= 4 is 40.1 Å². The highest BCUT2D eigenvalue weighted by Gasteiger charge is 2.27. The zero-order valence-corrected chi connectivity index (χ0v) is 13.7. The third-order valence-electron chi connectivity index (χ3n) is 3.50. The topological polar surface area (TPSA) is 69.6 Å². The number of amides is 2. The van der Waals surface area contributed by atoms with E-state index in [9.17, 15) is 14.7 Å². The summed E-state index contributed by atoms with van der Waals surface area (Å²) in [7, 11) is 0. The predicted molar refractivity (Wildman–Crippen MR) is 89.0 cm³/mol. The number of nitrogens with zero attached hydrogens (tertiary/aromatic N) is 1. The van der Waals surface area contributed by atoms with Gasteiger partial charge in [0.05, 0.1) is 11.6 Å². The molecule has 1 unspecified atom stereocenters. The Bertz CT molecular complexity index is 574. The van der Waals surface area contributed by atoms with Crippen LogP contribution in [0.5, 0.6) is 5.75 Å². The number of rotatable bonds is 3. The van der Waals surface area contributed by atoms with Gasteiger partial charge in [-0.15, -0.1) is 0 Å². The first kappa shape index (κ1) is 15.8. The summed E-state index contributed by atoms with van der Waals surface area (Å²) in [6, 6.07) is 5.07. The number of phenolic OH excluding ortho intramolecular Hbond substituents is 1. The monoisotopic (exact) mass is 400 g/mol. The average Bonchev–Trinajstić information content (AvgIpc) is 2.49. The largest absolute Gasteiger partial charge is 0.506 e. The van der Waals surface area contributed by atoms with E-state index in [4.69, 9.17) is 0 Å². The van der Waals surface area contributed by atoms with Gasteiger partial charge in [-0.25, -0.2) is 0 Å². The van der Waals surface area contributed by atoms with Crippen LogP contribution in [0.1, 0.15) is 12.8 Å². The normalized spacial score (nSPS) is 18.1. The highest BCUT2D eigenvalue weighted by molar-refractivity contribution is 14.1. The molecule has 5 nitrogen and oxygen atoms in total. The highest BCUT2D eigenvalue weighted by Crippen LogP contribution is 2.26. The number of anilines is 1. The lowest BCUT2D eigenvalue weighted by molar-refractivity contribution is -0.130. The van der Waals surface area contributed by atoms with Crippen molar-refractivity contribution in [2.45, 2.75) is 12.8 Å². The number of aromatic hydroxyl groups is 1. The minimum absolute atomic E-state index is 0.0464. The molecule has 0 radical (unpaired) electrons. The fourth-order valence-corrected chi connectivity index (χ4v) is 2.84. The van der Waals surface area contributed by atoms with Crippen LogP contribution in [-0.2, 0) is 9.59 Å². The van der Waals surface area contributed by atoms with Crippen LogP contribution in [0.15, 0.2) is 30.9 Å². The van der Waals surface area contributed by atoms with E-state index in [0.29, 0.717) is 18.8 Å². The Morgan fingerprint density at radius 1 is 1.48 bits per heavy atom. The summed E-state index contributed by atoms with van der Waals surface area (Å²) in [5.41, 5.74) is 0.396. The van der Waals surface area contributed by atoms with Gasteiger partial charge >= 0.3 is 0 Å². The maximum absolute atomic E-state index is 12.3. The highest BCUT2D eigenvalue weighted by atomic mass is 127. The van der Waals surface area contributed by atoms with Gasteiger partial charge in [0.25, 0.3) is 0 Å². The van der Waals surface area contributed by atoms with Crippen molar-refractivity contribution in [3.8, 4) is 5.75 Å². The Labute approximate surface area is 137 Å². The van der Waals surface area contributed by atoms with Crippen LogP contribution < -0.4 is 5.32 Å². The third kappa shape index (κ3) is 3.96. The van der Waals surface area contributed by atoms with E-state index in [0.717, 1.165) is 16.4 Å². The molecule has 2 amide bonds. The second kappa shape index (κ2) is 6.93. The summed E-state index contributed by atoms with van der Waals surface area (Å²) in [4.78, 5) is 25.5. The van der Waals surface area contributed by atoms with Crippen LogP contribution in [0.3, 0.4) is 0 Å². The van der Waals surface area contributed by atoms with Gasteiger partial charge in [-0.05, 0) is 59.7 Å². The Hall–Kier alpha value is -1.57. The first-order chi connectivity index (χ1) is 10.0. The van der Waals surface area contributed by atoms with Crippen LogP contribution in [0.2, 0.25) is 0 Å². The zero-order valence-electron chi connectivity index (χ0n) is 11.5. The van der Waals surface area contributed by atoms with Gasteiger partial charge in [-0.2, -0.15) is 0 Å². The SMILES string of the molecule is C=CC(=O)N1CCCC(C(=O)Nc2ccc(I)cc2O)C1. The van der Waals surface area contributed by atoms with E-state index >= 15 is 0 Å². The van der Waals surface area contributed by atoms with Crippen LogP contribution in [0.4, 0.5) is 5.69 Å². The molecule has 0 saturated carbocycles. The molecule has 1 heterocycles. The first-order valence-corrected chi connectivity index (χ1v) is 7.80. The molecule has 1 aromatic carbocycles. The standard InChI is InChI=1S/C15H17IN2O3/c1-2-14(20)18-7-3-4-10(9-18)15(21)17-12-6-5-11(16)8-13(12)19/h2,5-6,8,10,19H,1,3-4,7,9H2,(H,17,21). The summed E-state index contributed by atoms with van der Waals surface area (Å²) < 4.78 is 0.892. The maximum atomic E-state index is 12.3. The molecule has 0 aromatic heterocycles. The number of phenols is 1. The Kier molecular flexibility index (Phi) is 5.22. The minimum Gasteiger partial charge on any atom is -0.506 e. The summed E-state index contributed by atoms with van der Waals surface area (Å²) in [5.74, 6) is -0.538. The van der Waals surface area contributed by atoms with E-state index in [1.54, 1.807) is 17.0 Å². The molecule has 1 fully saturated rings. The number of hydrogen-bond donors (Lipinski definition) is 2. The Balaban J connectivity index is 2.02. The first-order valence-electron chi connectivity index (χ1n) is 6.72. The van der Waals surface area contributed by atoms with Gasteiger partial charge < -0.3 is 15.3 Å². The van der Waals surface area contributed by atoms with Crippen LogP contribution in [-0.4, -0.2) is 34.9 Å². The summed E-state index contributed by atoms with van der Waals surface area (Å²) in [6.45, 7) is 4.51. The average molecular weight is 400 g/mol. The van der Waals surface area contributed by atoms with Gasteiger partial charge in [0.1, 0.15) is 5.75 Å². The van der Waals surface area contributed by atoms with Crippen molar-refractivity contribution < 1.29 is 14.7 Å². The molecule has 2 N–H and O–H groups in total. The van der Waals surface area contributed by atoms with Gasteiger partial charge in [-0.3, -0.25) is 9.59 Å². The lowest BCUT2D eigenvalue weighted by atomic mass is 9.97. The number of piperidine rings is 1. The van der Waals surface area contributed by atoms with Gasteiger partial charge in [0.2, 0.25) is 11.8 Å². The molecule has 6 heteroatoms. The molecule has 0 spiro atoms. The number of halogens is 1. The molecule has 1 aliphatic heterocycles. The van der Waals surface area contributed by atoms with Gasteiger partial charge in [0.15, 0.2) is 0 Å². The van der Waals surface area contributed by atoms with Crippen molar-refractivity contribution in [2.24, 2.45) is 5.92 Å². The zero-order chi connectivity index (χ0) is 15.4. The third-order valence-corrected chi connectivity index (χ3v) is 4.17. The quantitative estimate of drug-likeness (QED) is 0.465. The van der Waals surface area contributed by atoms with Crippen LogP contribution in [0.25, 0.3) is 0 Å². The van der Waals surface area contributed by atoms with Crippen LogP contribution in [0, 0.1) is 9.49 Å². The molecule has 1 aliphatic rings. The van der Waals surface area contributed by atoms with Crippen LogP contribution >= 0.6 is 22.6 Å². The summed E-state index contributed by atoms with van der Waals surface area (Å²) in [6.07, 6.45) is 2.79. The number of likely N-dealkylation sites (tertiary alicyclic amines) is 1. The van der Waals surface area contributed by atoms with E-state index in [-0.39, 0.29) is 23.5 Å². The Morgan fingerprint density at radius 2 is 2.24 bits per heavy atom. The maximum Gasteiger partial charge on any atom is 0.245 e. The molecule has 1 saturated heterocycles. The molecule has 0 bridgehead atoms. The molecule has 1 aromatic rings. The van der Waals surface area contributed by atoms with E-state index in [1.165, 1.54) is 6.08 Å². The lowest BCUT2D eigenvalue weighted by Crippen LogP contribution is -2.43. The Morgan fingerprint density at radius 3 is 2.90 bits per heavy atom. The van der Waals surface area contributed by atoms with E-state index in [2.05, 4.69) is 34.5 Å². The fourth-order valence-electron chi connectivity index (χ4n) is 2.37. The van der Waals surface area contributed by atoms with Gasteiger partial charge in [-0.1, -0.05) is 6.58 Å². The van der Waals surface area contributed by atoms with Crippen molar-refractivity contribution in [3.63, 3.8) is 0 Å². The van der Waals surface area contributed by atoms with Crippen molar-refractivity contribution in [1.29, 1.82) is 0 Å². The second-order valence-electron chi connectivity index (χ2n) is 4.98. The number of hydrogen-bond acceptors (Lipinski definition) is 3. The number of benzene rings is 1. The smallest absolute Gasteiger partial charge is 0.245 e. The molecular formula is C15H17IN2O3. The fraction of sp³-hybridized carbons (Fsp3) is 0.333. The van der Waals surface area contributed by atoms with Crippen molar-refractivity contribution in [3.05, 3.63) is 34.4 Å². The van der Waals surface area contributed by atoms with E-state index in [1.807, 2.05) is 6.07 Å². The molecule has 1 atom stereocenters. The van der Waals surface area contributed by atoms with Crippen molar-refractivity contribution in [1.82, 2.24) is 4.90 Å². The minimum atomic E-state index is -0.263. The number of carbonyl (C=O) groups excluding carboxylic acids is 2. The number of carbonyl (C=O) groups is 2. The second-order valence-corrected chi connectivity index (χ2v) is 6.22. The molecular weight excluding hydrogens is 383 g/mol. The summed E-state index contributed by atoms with van der Waals surface area (Å²) >= 11 is 2.09. The molecule has 112 valence electrons. The molecule has 0 aliphatic carbocycles. The van der Waals surface area contributed by atoms with Gasteiger partial charge in [0, 0.05) is 16.7 Å². The van der Waals surface area contributed by atoms with Crippen molar-refractivity contribution in [2.75, 3.05) is 18.4 Å². The molecule has 2 rings (SSSR count).